The highest BCUT2D eigenvalue weighted by molar-refractivity contribution is 7.92. The molecule has 1 aliphatic heterocycles. The minimum absolute atomic E-state index is 0.0843. The number of sulfonamides is 1. The minimum atomic E-state index is -3.95. The van der Waals surface area contributed by atoms with Crippen molar-refractivity contribution in [2.45, 2.75) is 18.0 Å². The van der Waals surface area contributed by atoms with Crippen LogP contribution in [0.5, 0.6) is 0 Å². The summed E-state index contributed by atoms with van der Waals surface area (Å²) in [7, 11) is -3.95. The molecule has 0 saturated heterocycles. The van der Waals surface area contributed by atoms with Crippen LogP contribution in [0.4, 0.5) is 10.1 Å². The molecule has 0 radical (unpaired) electrons. The van der Waals surface area contributed by atoms with E-state index in [4.69, 9.17) is 0 Å². The van der Waals surface area contributed by atoms with E-state index in [1.54, 1.807) is 25.1 Å². The maximum atomic E-state index is 14.4. The van der Waals surface area contributed by atoms with Gasteiger partial charge < -0.3 is 0 Å². The van der Waals surface area contributed by atoms with Gasteiger partial charge >= 0.3 is 0 Å². The number of rotatable bonds is 2. The predicted molar refractivity (Wildman–Crippen MR) is 86.3 cm³/mol. The molecule has 1 aliphatic rings. The van der Waals surface area contributed by atoms with E-state index in [1.807, 2.05) is 0 Å². The molecule has 6 nitrogen and oxygen atoms in total. The van der Waals surface area contributed by atoms with Gasteiger partial charge in [0.1, 0.15) is 5.82 Å². The molecule has 1 N–H and O–H groups in total. The van der Waals surface area contributed by atoms with Crippen molar-refractivity contribution < 1.29 is 12.8 Å². The number of H-pyrrole nitrogens is 1. The minimum Gasteiger partial charge on any atom is -0.277 e. The fourth-order valence-corrected chi connectivity index (χ4v) is 4.62. The second-order valence-corrected chi connectivity index (χ2v) is 7.24. The van der Waals surface area contributed by atoms with Gasteiger partial charge in [-0.15, -0.1) is 0 Å². The van der Waals surface area contributed by atoms with Gasteiger partial charge in [0, 0.05) is 11.8 Å². The van der Waals surface area contributed by atoms with Crippen molar-refractivity contribution >= 4 is 15.7 Å². The summed E-state index contributed by atoms with van der Waals surface area (Å²) in [6.07, 6.45) is 2.94. The number of halogens is 1. The van der Waals surface area contributed by atoms with Gasteiger partial charge in [0.25, 0.3) is 10.0 Å². The molecule has 3 heterocycles. The molecule has 0 aliphatic carbocycles. The van der Waals surface area contributed by atoms with Crippen molar-refractivity contribution in [3.8, 4) is 11.3 Å². The fourth-order valence-electron chi connectivity index (χ4n) is 3.03. The van der Waals surface area contributed by atoms with Crippen LogP contribution in [0.1, 0.15) is 18.5 Å². The van der Waals surface area contributed by atoms with Gasteiger partial charge in [-0.3, -0.25) is 9.40 Å². The Morgan fingerprint density at radius 1 is 1.21 bits per heavy atom. The van der Waals surface area contributed by atoms with Gasteiger partial charge in [-0.1, -0.05) is 12.1 Å². The highest BCUT2D eigenvalue weighted by Crippen LogP contribution is 2.46. The zero-order chi connectivity index (χ0) is 16.9. The van der Waals surface area contributed by atoms with E-state index < -0.39 is 21.9 Å². The Bertz CT molecular complexity index is 1020. The average Bonchev–Trinajstić information content (AvgIpc) is 3.05. The van der Waals surface area contributed by atoms with Crippen LogP contribution in [-0.4, -0.2) is 23.6 Å². The van der Waals surface area contributed by atoms with Crippen LogP contribution < -0.4 is 4.31 Å². The molecule has 24 heavy (non-hydrogen) atoms. The maximum absolute atomic E-state index is 14.4. The molecular weight excluding hydrogens is 331 g/mol. The lowest BCUT2D eigenvalue weighted by Crippen LogP contribution is -2.36. The molecule has 0 amide bonds. The van der Waals surface area contributed by atoms with Crippen molar-refractivity contribution in [3.05, 3.63) is 60.2 Å². The van der Waals surface area contributed by atoms with E-state index in [0.29, 0.717) is 11.3 Å². The van der Waals surface area contributed by atoms with E-state index >= 15 is 0 Å². The Morgan fingerprint density at radius 2 is 2.04 bits per heavy atom. The number of hydrogen-bond acceptors (Lipinski definition) is 4. The van der Waals surface area contributed by atoms with Crippen LogP contribution in [0.2, 0.25) is 0 Å². The van der Waals surface area contributed by atoms with Gasteiger partial charge in [0.15, 0.2) is 5.03 Å². The summed E-state index contributed by atoms with van der Waals surface area (Å²) < 4.78 is 41.9. The normalized spacial score (nSPS) is 16.6. The van der Waals surface area contributed by atoms with Crippen LogP contribution in [0.15, 0.2) is 53.8 Å². The van der Waals surface area contributed by atoms with Crippen molar-refractivity contribution in [1.82, 2.24) is 15.2 Å². The largest absolute Gasteiger partial charge is 0.282 e. The molecule has 1 atom stereocenters. The Balaban J connectivity index is 2.00. The summed E-state index contributed by atoms with van der Waals surface area (Å²) in [5.41, 5.74) is 1.59. The summed E-state index contributed by atoms with van der Waals surface area (Å²) in [6, 6.07) is 8.49. The number of anilines is 1. The van der Waals surface area contributed by atoms with Crippen molar-refractivity contribution in [2.75, 3.05) is 4.31 Å². The first-order valence-corrected chi connectivity index (χ1v) is 8.73. The number of benzene rings is 1. The van der Waals surface area contributed by atoms with Gasteiger partial charge in [-0.25, -0.2) is 9.37 Å². The summed E-state index contributed by atoms with van der Waals surface area (Å²) in [5, 5.41) is 6.64. The number of fused-ring (bicyclic) bond motifs is 3. The Kier molecular flexibility index (Phi) is 3.17. The summed E-state index contributed by atoms with van der Waals surface area (Å²) in [6.45, 7) is 1.74. The van der Waals surface area contributed by atoms with Crippen LogP contribution in [-0.2, 0) is 10.0 Å². The van der Waals surface area contributed by atoms with Crippen LogP contribution >= 0.6 is 0 Å². The SMILES string of the molecule is CC1c2cn[nH]c2-c2c(F)cccc2N1S(=O)(=O)c1ccccn1. The van der Waals surface area contributed by atoms with Crippen molar-refractivity contribution in [3.63, 3.8) is 0 Å². The van der Waals surface area contributed by atoms with Gasteiger partial charge in [0.2, 0.25) is 0 Å². The molecule has 1 unspecified atom stereocenters. The second-order valence-electron chi connectivity index (χ2n) is 5.48. The highest BCUT2D eigenvalue weighted by Gasteiger charge is 2.39. The third kappa shape index (κ3) is 1.96. The zero-order valence-electron chi connectivity index (χ0n) is 12.6. The molecule has 2 aromatic heterocycles. The lowest BCUT2D eigenvalue weighted by atomic mass is 9.96. The number of aromatic amines is 1. The fraction of sp³-hybridized carbons (Fsp3) is 0.125. The molecule has 0 bridgehead atoms. The second kappa shape index (κ2) is 5.13. The van der Waals surface area contributed by atoms with E-state index in [2.05, 4.69) is 15.2 Å². The number of hydrogen-bond donors (Lipinski definition) is 1. The maximum Gasteiger partial charge on any atom is 0.282 e. The number of nitrogens with one attached hydrogen (secondary N) is 1. The molecular formula is C16H13FN4O2S. The molecule has 122 valence electrons. The van der Waals surface area contributed by atoms with Crippen molar-refractivity contribution in [1.29, 1.82) is 0 Å². The number of pyridine rings is 1. The Morgan fingerprint density at radius 3 is 2.79 bits per heavy atom. The van der Waals surface area contributed by atoms with Crippen molar-refractivity contribution in [2.24, 2.45) is 0 Å². The molecule has 0 fully saturated rings. The van der Waals surface area contributed by atoms with Crippen LogP contribution in [0, 0.1) is 5.82 Å². The highest BCUT2D eigenvalue weighted by atomic mass is 32.2. The summed E-state index contributed by atoms with van der Waals surface area (Å²) >= 11 is 0. The van der Waals surface area contributed by atoms with Crippen LogP contribution in [0.3, 0.4) is 0 Å². The van der Waals surface area contributed by atoms with E-state index in [1.165, 1.54) is 34.9 Å². The first-order chi connectivity index (χ1) is 11.5. The first kappa shape index (κ1) is 14.8. The van der Waals surface area contributed by atoms with E-state index in [9.17, 15) is 12.8 Å². The predicted octanol–water partition coefficient (Wildman–Crippen LogP) is 2.88. The Hall–Kier alpha value is -2.74. The topological polar surface area (TPSA) is 79.0 Å². The van der Waals surface area contributed by atoms with Crippen LogP contribution in [0.25, 0.3) is 11.3 Å². The molecule has 1 aromatic carbocycles. The smallest absolute Gasteiger partial charge is 0.277 e. The monoisotopic (exact) mass is 344 g/mol. The summed E-state index contributed by atoms with van der Waals surface area (Å²) in [4.78, 5) is 3.95. The lowest BCUT2D eigenvalue weighted by Gasteiger charge is -2.35. The summed E-state index contributed by atoms with van der Waals surface area (Å²) in [5.74, 6) is -0.508. The van der Waals surface area contributed by atoms with E-state index in [0.717, 1.165) is 0 Å². The van der Waals surface area contributed by atoms with Gasteiger partial charge in [-0.2, -0.15) is 13.5 Å². The number of nitrogens with zero attached hydrogens (tertiary/aromatic N) is 3. The first-order valence-electron chi connectivity index (χ1n) is 7.29. The lowest BCUT2D eigenvalue weighted by molar-refractivity contribution is 0.577. The standard InChI is InChI=1S/C16H13FN4O2S/c1-10-11-9-19-20-16(11)15-12(17)5-4-6-13(15)21(10)24(22,23)14-7-2-3-8-18-14/h2-10H,1H3,(H,19,20). The Labute approximate surface area is 138 Å². The number of aromatic nitrogens is 3. The quantitative estimate of drug-likeness (QED) is 0.775. The third-order valence-electron chi connectivity index (χ3n) is 4.11. The third-order valence-corrected chi connectivity index (χ3v) is 5.91. The molecule has 0 spiro atoms. The average molecular weight is 344 g/mol. The van der Waals surface area contributed by atoms with Gasteiger partial charge in [-0.05, 0) is 31.2 Å². The van der Waals surface area contributed by atoms with Gasteiger partial charge in [0.05, 0.1) is 29.2 Å². The zero-order valence-corrected chi connectivity index (χ0v) is 13.5. The molecule has 4 rings (SSSR count). The molecule has 0 saturated carbocycles. The van der Waals surface area contributed by atoms with E-state index in [-0.39, 0.29) is 16.3 Å². The molecule has 3 aromatic rings. The molecule has 8 heteroatoms.